The second-order valence-electron chi connectivity index (χ2n) is 6.15. The van der Waals surface area contributed by atoms with Crippen LogP contribution in [0.2, 0.25) is 10.0 Å². The van der Waals surface area contributed by atoms with Crippen molar-refractivity contribution < 1.29 is 0 Å². The molecule has 2 aromatic rings. The Hall–Kier alpha value is -0.930. The lowest BCUT2D eigenvalue weighted by Crippen LogP contribution is -2.28. The first-order chi connectivity index (χ1) is 11.6. The third-order valence-corrected chi connectivity index (χ3v) is 4.80. The van der Waals surface area contributed by atoms with Crippen molar-refractivity contribution in [1.82, 2.24) is 4.90 Å². The molecule has 25 heavy (non-hydrogen) atoms. The van der Waals surface area contributed by atoms with Gasteiger partial charge in [-0.2, -0.15) is 0 Å². The molecule has 0 unspecified atom stereocenters. The van der Waals surface area contributed by atoms with Gasteiger partial charge in [0, 0.05) is 6.54 Å². The van der Waals surface area contributed by atoms with E-state index in [1.54, 1.807) is 0 Å². The Balaban J connectivity index is 0.00000312. The normalized spacial score (nSPS) is 10.7. The molecule has 0 heterocycles. The van der Waals surface area contributed by atoms with E-state index in [1.165, 1.54) is 12.0 Å². The van der Waals surface area contributed by atoms with Crippen molar-refractivity contribution in [1.29, 1.82) is 0 Å². The fourth-order valence-electron chi connectivity index (χ4n) is 2.87. The maximum absolute atomic E-state index is 6.12. The molecular formula is C20H27Cl3N2. The van der Waals surface area contributed by atoms with Crippen LogP contribution in [0.5, 0.6) is 0 Å². The molecule has 0 fully saturated rings. The van der Waals surface area contributed by atoms with Gasteiger partial charge in [0.05, 0.1) is 15.7 Å². The Kier molecular flexibility index (Phi) is 10.3. The Morgan fingerprint density at radius 1 is 0.880 bits per heavy atom. The van der Waals surface area contributed by atoms with Gasteiger partial charge in [-0.25, -0.2) is 0 Å². The highest BCUT2D eigenvalue weighted by Crippen LogP contribution is 2.29. The molecule has 0 aliphatic carbocycles. The summed E-state index contributed by atoms with van der Waals surface area (Å²) in [6.45, 7) is 5.46. The Labute approximate surface area is 167 Å². The van der Waals surface area contributed by atoms with Gasteiger partial charge >= 0.3 is 0 Å². The second kappa shape index (κ2) is 11.6. The highest BCUT2D eigenvalue weighted by molar-refractivity contribution is 6.38. The van der Waals surface area contributed by atoms with Crippen LogP contribution in [0, 0.1) is 0 Å². The van der Waals surface area contributed by atoms with Crippen LogP contribution < -0.4 is 5.73 Å². The van der Waals surface area contributed by atoms with E-state index in [9.17, 15) is 0 Å². The van der Waals surface area contributed by atoms with Gasteiger partial charge in [0.2, 0.25) is 0 Å². The average Bonchev–Trinajstić information content (AvgIpc) is 2.58. The highest BCUT2D eigenvalue weighted by atomic mass is 35.5. The van der Waals surface area contributed by atoms with E-state index in [0.717, 1.165) is 44.5 Å². The van der Waals surface area contributed by atoms with E-state index in [4.69, 9.17) is 28.9 Å². The fourth-order valence-corrected chi connectivity index (χ4v) is 3.40. The van der Waals surface area contributed by atoms with Crippen molar-refractivity contribution >= 4 is 41.3 Å². The molecule has 138 valence electrons. The van der Waals surface area contributed by atoms with Gasteiger partial charge in [-0.3, -0.25) is 0 Å². The minimum atomic E-state index is 0. The molecule has 2 rings (SSSR count). The van der Waals surface area contributed by atoms with E-state index in [-0.39, 0.29) is 12.4 Å². The molecule has 0 amide bonds. The van der Waals surface area contributed by atoms with E-state index >= 15 is 0 Å². The van der Waals surface area contributed by atoms with Crippen LogP contribution in [0.1, 0.15) is 30.9 Å². The summed E-state index contributed by atoms with van der Waals surface area (Å²) in [5.41, 5.74) is 8.82. The number of anilines is 1. The van der Waals surface area contributed by atoms with Gasteiger partial charge in [0.25, 0.3) is 0 Å². The van der Waals surface area contributed by atoms with Crippen molar-refractivity contribution in [2.45, 2.75) is 32.6 Å². The zero-order valence-corrected chi connectivity index (χ0v) is 17.0. The van der Waals surface area contributed by atoms with Crippen LogP contribution in [0.3, 0.4) is 0 Å². The van der Waals surface area contributed by atoms with Crippen molar-refractivity contribution in [3.8, 4) is 0 Å². The minimum Gasteiger partial charge on any atom is -0.396 e. The van der Waals surface area contributed by atoms with Crippen LogP contribution >= 0.6 is 35.6 Å². The number of benzene rings is 2. The summed E-state index contributed by atoms with van der Waals surface area (Å²) in [6, 6.07) is 14.5. The molecule has 0 saturated heterocycles. The number of nitrogen functional groups attached to an aromatic ring is 1. The first-order valence-electron chi connectivity index (χ1n) is 8.59. The number of rotatable bonds is 9. The Morgan fingerprint density at radius 2 is 1.52 bits per heavy atom. The quantitative estimate of drug-likeness (QED) is 0.531. The van der Waals surface area contributed by atoms with Crippen molar-refractivity contribution in [3.05, 3.63) is 63.6 Å². The van der Waals surface area contributed by atoms with E-state index in [0.29, 0.717) is 15.7 Å². The molecule has 0 aliphatic rings. The SMILES string of the molecule is CCCN(CCCc1ccccc1)CCc1cc(Cl)c(N)c(Cl)c1.Cl. The summed E-state index contributed by atoms with van der Waals surface area (Å²) in [7, 11) is 0. The molecular weight excluding hydrogens is 375 g/mol. The topological polar surface area (TPSA) is 29.3 Å². The molecule has 0 radical (unpaired) electrons. The molecule has 2 N–H and O–H groups in total. The standard InChI is InChI=1S/C20H26Cl2N2.ClH/c1-2-11-24(12-6-9-16-7-4-3-5-8-16)13-10-17-14-18(21)20(23)19(22)15-17;/h3-5,7-8,14-15H,2,6,9-13,23H2,1H3;1H. The first kappa shape index (κ1) is 22.1. The molecule has 0 aliphatic heterocycles. The van der Waals surface area contributed by atoms with Crippen LogP contribution in [0.15, 0.2) is 42.5 Å². The zero-order valence-electron chi connectivity index (χ0n) is 14.7. The summed E-state index contributed by atoms with van der Waals surface area (Å²) in [4.78, 5) is 2.51. The lowest BCUT2D eigenvalue weighted by Gasteiger charge is -2.22. The molecule has 2 aromatic carbocycles. The first-order valence-corrected chi connectivity index (χ1v) is 9.35. The molecule has 0 aromatic heterocycles. The largest absolute Gasteiger partial charge is 0.396 e. The number of aryl methyl sites for hydroxylation is 1. The number of halogens is 3. The average molecular weight is 402 g/mol. The van der Waals surface area contributed by atoms with Gasteiger partial charge in [0.15, 0.2) is 0 Å². The predicted molar refractivity (Wildman–Crippen MR) is 113 cm³/mol. The van der Waals surface area contributed by atoms with Crippen LogP contribution in [-0.2, 0) is 12.8 Å². The Morgan fingerprint density at radius 3 is 2.12 bits per heavy atom. The van der Waals surface area contributed by atoms with Gasteiger partial charge in [-0.15, -0.1) is 12.4 Å². The monoisotopic (exact) mass is 400 g/mol. The molecule has 0 saturated carbocycles. The number of nitrogens with two attached hydrogens (primary N) is 1. The predicted octanol–water partition coefficient (Wildman–Crippen LogP) is 5.88. The zero-order chi connectivity index (χ0) is 17.4. The van der Waals surface area contributed by atoms with Crippen molar-refractivity contribution in [3.63, 3.8) is 0 Å². The van der Waals surface area contributed by atoms with Crippen molar-refractivity contribution in [2.24, 2.45) is 0 Å². The number of hydrogen-bond donors (Lipinski definition) is 1. The maximum Gasteiger partial charge on any atom is 0.0693 e. The van der Waals surface area contributed by atoms with Crippen LogP contribution in [0.4, 0.5) is 5.69 Å². The fraction of sp³-hybridized carbons (Fsp3) is 0.400. The molecule has 0 atom stereocenters. The third kappa shape index (κ3) is 7.45. The maximum atomic E-state index is 6.12. The van der Waals surface area contributed by atoms with E-state index in [2.05, 4.69) is 42.2 Å². The van der Waals surface area contributed by atoms with Gasteiger partial charge < -0.3 is 10.6 Å². The van der Waals surface area contributed by atoms with Gasteiger partial charge in [-0.1, -0.05) is 60.5 Å². The number of nitrogens with zero attached hydrogens (tertiary/aromatic N) is 1. The third-order valence-electron chi connectivity index (χ3n) is 4.18. The smallest absolute Gasteiger partial charge is 0.0693 e. The molecule has 0 bridgehead atoms. The van der Waals surface area contributed by atoms with Crippen LogP contribution in [0.25, 0.3) is 0 Å². The molecule has 0 spiro atoms. The van der Waals surface area contributed by atoms with E-state index in [1.807, 2.05) is 12.1 Å². The summed E-state index contributed by atoms with van der Waals surface area (Å²) in [6.07, 6.45) is 4.40. The summed E-state index contributed by atoms with van der Waals surface area (Å²) >= 11 is 12.2. The summed E-state index contributed by atoms with van der Waals surface area (Å²) in [5.74, 6) is 0. The second-order valence-corrected chi connectivity index (χ2v) is 6.97. The summed E-state index contributed by atoms with van der Waals surface area (Å²) < 4.78 is 0. The van der Waals surface area contributed by atoms with E-state index < -0.39 is 0 Å². The lowest BCUT2D eigenvalue weighted by atomic mass is 10.1. The van der Waals surface area contributed by atoms with Crippen LogP contribution in [-0.4, -0.2) is 24.5 Å². The highest BCUT2D eigenvalue weighted by Gasteiger charge is 2.08. The van der Waals surface area contributed by atoms with Gasteiger partial charge in [-0.05, 0) is 62.0 Å². The molecule has 2 nitrogen and oxygen atoms in total. The minimum absolute atomic E-state index is 0. The molecule has 5 heteroatoms. The van der Waals surface area contributed by atoms with Crippen molar-refractivity contribution in [2.75, 3.05) is 25.4 Å². The number of hydrogen-bond acceptors (Lipinski definition) is 2. The van der Waals surface area contributed by atoms with Gasteiger partial charge in [0.1, 0.15) is 0 Å². The Bertz CT molecular complexity index is 609. The summed E-state index contributed by atoms with van der Waals surface area (Å²) in [5, 5.41) is 1.09. The lowest BCUT2D eigenvalue weighted by molar-refractivity contribution is 0.274.